The normalized spacial score (nSPS) is 13.5. The van der Waals surface area contributed by atoms with Crippen LogP contribution in [0, 0.1) is 0 Å². The molecule has 0 amide bonds. The lowest BCUT2D eigenvalue weighted by Crippen LogP contribution is -2.05. The summed E-state index contributed by atoms with van der Waals surface area (Å²) < 4.78 is 7.00. The van der Waals surface area contributed by atoms with Crippen molar-refractivity contribution in [1.29, 1.82) is 0 Å². The largest absolute Gasteiger partial charge is 0.478 e. The van der Waals surface area contributed by atoms with Crippen molar-refractivity contribution in [2.45, 2.75) is 32.1 Å². The van der Waals surface area contributed by atoms with E-state index in [1.807, 2.05) is 55.5 Å². The molecule has 0 radical (unpaired) electrons. The van der Waals surface area contributed by atoms with Gasteiger partial charge in [0, 0.05) is 17.9 Å². The highest BCUT2D eigenvalue weighted by Crippen LogP contribution is 2.42. The Hall–Kier alpha value is -3.74. The third kappa shape index (κ3) is 3.28. The molecule has 150 valence electrons. The van der Waals surface area contributed by atoms with Crippen LogP contribution in [0.25, 0.3) is 28.2 Å². The van der Waals surface area contributed by atoms with Crippen LogP contribution in [0.5, 0.6) is 0 Å². The average molecular weight is 400 g/mol. The number of aromatic carboxylic acids is 1. The molecule has 1 fully saturated rings. The van der Waals surface area contributed by atoms with E-state index < -0.39 is 5.97 Å². The van der Waals surface area contributed by atoms with Crippen LogP contribution in [0.1, 0.15) is 47.6 Å². The molecule has 30 heavy (non-hydrogen) atoms. The molecule has 5 rings (SSSR count). The Morgan fingerprint density at radius 2 is 1.87 bits per heavy atom. The molecule has 0 aliphatic heterocycles. The summed E-state index contributed by atoms with van der Waals surface area (Å²) in [5.41, 5.74) is 4.81. The lowest BCUT2D eigenvalue weighted by Gasteiger charge is -2.10. The van der Waals surface area contributed by atoms with Crippen molar-refractivity contribution in [3.63, 3.8) is 0 Å². The summed E-state index contributed by atoms with van der Waals surface area (Å²) in [7, 11) is 0. The number of nitrogens with zero attached hydrogens (tertiary/aromatic N) is 4. The fourth-order valence-electron chi connectivity index (χ4n) is 3.65. The minimum absolute atomic E-state index is 0.261. The van der Waals surface area contributed by atoms with E-state index in [0.29, 0.717) is 18.1 Å². The van der Waals surface area contributed by atoms with Crippen molar-refractivity contribution >= 4 is 5.97 Å². The molecule has 0 saturated heterocycles. The second-order valence-corrected chi connectivity index (χ2v) is 7.43. The van der Waals surface area contributed by atoms with Crippen LogP contribution in [0.2, 0.25) is 0 Å². The van der Waals surface area contributed by atoms with E-state index >= 15 is 0 Å². The first-order chi connectivity index (χ1) is 14.6. The van der Waals surface area contributed by atoms with Gasteiger partial charge < -0.3 is 9.63 Å². The predicted octanol–water partition coefficient (Wildman–Crippen LogP) is 4.73. The Labute approximate surface area is 173 Å². The quantitative estimate of drug-likeness (QED) is 0.503. The van der Waals surface area contributed by atoms with Gasteiger partial charge in [-0.3, -0.25) is 0 Å². The molecule has 2 heterocycles. The Balaban J connectivity index is 1.54. The number of benzene rings is 2. The zero-order valence-electron chi connectivity index (χ0n) is 16.4. The maximum Gasteiger partial charge on any atom is 0.339 e. The standard InChI is InChI=1S/C23H20N4O3/c1-2-20-25-22(26-30-20)17-7-3-5-15(11-17)16-6-4-8-18(12-16)27-21(14-9-10-14)19(13-24-27)23(28)29/h3-8,11-14H,2,9-10H2,1H3,(H,28,29). The van der Waals surface area contributed by atoms with Crippen molar-refractivity contribution in [3.8, 4) is 28.2 Å². The number of carboxylic acid groups (broad SMARTS) is 1. The highest BCUT2D eigenvalue weighted by atomic mass is 16.5. The molecule has 1 aliphatic rings. The minimum Gasteiger partial charge on any atom is -0.478 e. The molecule has 4 aromatic rings. The molecule has 0 spiro atoms. The van der Waals surface area contributed by atoms with E-state index in [4.69, 9.17) is 4.52 Å². The highest BCUT2D eigenvalue weighted by Gasteiger charge is 2.32. The summed E-state index contributed by atoms with van der Waals surface area (Å²) in [5, 5.41) is 18.0. The van der Waals surface area contributed by atoms with Crippen molar-refractivity contribution in [2.24, 2.45) is 0 Å². The summed E-state index contributed by atoms with van der Waals surface area (Å²) in [6.07, 6.45) is 4.14. The summed E-state index contributed by atoms with van der Waals surface area (Å²) in [4.78, 5) is 16.0. The monoisotopic (exact) mass is 400 g/mol. The van der Waals surface area contributed by atoms with E-state index in [1.54, 1.807) is 4.68 Å². The lowest BCUT2D eigenvalue weighted by molar-refractivity contribution is 0.0695. The predicted molar refractivity (Wildman–Crippen MR) is 111 cm³/mol. The number of carbonyl (C=O) groups is 1. The second-order valence-electron chi connectivity index (χ2n) is 7.43. The first kappa shape index (κ1) is 18.3. The number of hydrogen-bond donors (Lipinski definition) is 1. The Morgan fingerprint density at radius 1 is 1.13 bits per heavy atom. The second kappa shape index (κ2) is 7.26. The van der Waals surface area contributed by atoms with Gasteiger partial charge >= 0.3 is 5.97 Å². The van der Waals surface area contributed by atoms with Crippen molar-refractivity contribution in [1.82, 2.24) is 19.9 Å². The number of aryl methyl sites for hydroxylation is 1. The Kier molecular flexibility index (Phi) is 4.43. The Morgan fingerprint density at radius 3 is 2.57 bits per heavy atom. The van der Waals surface area contributed by atoms with Gasteiger partial charge in [-0.25, -0.2) is 9.48 Å². The molecule has 7 heteroatoms. The topological polar surface area (TPSA) is 94.0 Å². The number of rotatable bonds is 6. The maximum atomic E-state index is 11.6. The Bertz CT molecular complexity index is 1240. The fourth-order valence-corrected chi connectivity index (χ4v) is 3.65. The SMILES string of the molecule is CCc1nc(-c2cccc(-c3cccc(-n4ncc(C(=O)O)c4C4CC4)c3)c2)no1. The molecule has 1 N–H and O–H groups in total. The van der Waals surface area contributed by atoms with Crippen LogP contribution >= 0.6 is 0 Å². The molecule has 7 nitrogen and oxygen atoms in total. The molecule has 0 unspecified atom stereocenters. The van der Waals surface area contributed by atoms with Crippen LogP contribution in [0.15, 0.2) is 59.3 Å². The van der Waals surface area contributed by atoms with E-state index in [-0.39, 0.29) is 11.5 Å². The molecule has 1 saturated carbocycles. The van der Waals surface area contributed by atoms with Gasteiger partial charge in [0.15, 0.2) is 0 Å². The van der Waals surface area contributed by atoms with Crippen molar-refractivity contribution in [3.05, 3.63) is 71.9 Å². The average Bonchev–Trinajstić information content (AvgIpc) is 3.32. The minimum atomic E-state index is -0.932. The fraction of sp³-hybridized carbons (Fsp3) is 0.217. The lowest BCUT2D eigenvalue weighted by atomic mass is 10.0. The summed E-state index contributed by atoms with van der Waals surface area (Å²) >= 11 is 0. The molecule has 1 aliphatic carbocycles. The van der Waals surface area contributed by atoms with Crippen LogP contribution in [0.3, 0.4) is 0 Å². The van der Waals surface area contributed by atoms with E-state index in [0.717, 1.165) is 40.9 Å². The van der Waals surface area contributed by atoms with E-state index in [1.165, 1.54) is 6.20 Å². The van der Waals surface area contributed by atoms with Crippen LogP contribution < -0.4 is 0 Å². The van der Waals surface area contributed by atoms with Crippen molar-refractivity contribution in [2.75, 3.05) is 0 Å². The smallest absolute Gasteiger partial charge is 0.339 e. The number of aromatic nitrogens is 4. The van der Waals surface area contributed by atoms with Crippen LogP contribution in [0.4, 0.5) is 0 Å². The van der Waals surface area contributed by atoms with Crippen molar-refractivity contribution < 1.29 is 14.4 Å². The summed E-state index contributed by atoms with van der Waals surface area (Å²) in [6.45, 7) is 1.97. The third-order valence-electron chi connectivity index (χ3n) is 5.32. The van der Waals surface area contributed by atoms with Crippen LogP contribution in [-0.4, -0.2) is 31.0 Å². The van der Waals surface area contributed by atoms with E-state index in [2.05, 4.69) is 15.2 Å². The maximum absolute atomic E-state index is 11.6. The number of carboxylic acids is 1. The van der Waals surface area contributed by atoms with Gasteiger partial charge in [0.1, 0.15) is 5.56 Å². The van der Waals surface area contributed by atoms with E-state index in [9.17, 15) is 9.90 Å². The highest BCUT2D eigenvalue weighted by molar-refractivity contribution is 5.89. The molecule has 0 bridgehead atoms. The van der Waals surface area contributed by atoms with Gasteiger partial charge in [0.2, 0.25) is 11.7 Å². The van der Waals surface area contributed by atoms with Gasteiger partial charge in [-0.2, -0.15) is 10.1 Å². The molecule has 0 atom stereocenters. The van der Waals surface area contributed by atoms with Gasteiger partial charge in [-0.1, -0.05) is 42.4 Å². The summed E-state index contributed by atoms with van der Waals surface area (Å²) in [5.74, 6) is 0.507. The van der Waals surface area contributed by atoms with Crippen LogP contribution in [-0.2, 0) is 6.42 Å². The zero-order chi connectivity index (χ0) is 20.7. The third-order valence-corrected chi connectivity index (χ3v) is 5.32. The first-order valence-corrected chi connectivity index (χ1v) is 9.99. The first-order valence-electron chi connectivity index (χ1n) is 9.99. The van der Waals surface area contributed by atoms with Gasteiger partial charge in [0.05, 0.1) is 17.6 Å². The number of hydrogen-bond acceptors (Lipinski definition) is 5. The molecule has 2 aromatic heterocycles. The molecular weight excluding hydrogens is 380 g/mol. The van der Waals surface area contributed by atoms with Gasteiger partial charge in [0.25, 0.3) is 0 Å². The summed E-state index contributed by atoms with van der Waals surface area (Å²) in [6, 6.07) is 15.9. The zero-order valence-corrected chi connectivity index (χ0v) is 16.4. The van der Waals surface area contributed by atoms with Gasteiger partial charge in [-0.15, -0.1) is 0 Å². The molecule has 2 aromatic carbocycles. The molecular formula is C23H20N4O3. The van der Waals surface area contributed by atoms with Gasteiger partial charge in [-0.05, 0) is 42.2 Å².